The Kier molecular flexibility index (Phi) is 3.98. The summed E-state index contributed by atoms with van der Waals surface area (Å²) in [5.41, 5.74) is 3.24. The molecule has 0 amide bonds. The van der Waals surface area contributed by atoms with E-state index in [0.29, 0.717) is 11.1 Å². The molecule has 98 valence electrons. The minimum atomic E-state index is -0.00635. The number of hydrogen-bond acceptors (Lipinski definition) is 1. The maximum absolute atomic E-state index is 9.53. The summed E-state index contributed by atoms with van der Waals surface area (Å²) >= 11 is 6.39. The van der Waals surface area contributed by atoms with Crippen molar-refractivity contribution < 1.29 is 5.11 Å². The first-order valence-electron chi connectivity index (χ1n) is 6.48. The fourth-order valence-corrected chi connectivity index (χ4v) is 2.68. The third-order valence-electron chi connectivity index (χ3n) is 3.28. The van der Waals surface area contributed by atoms with Crippen LogP contribution in [0.15, 0.2) is 18.2 Å². The molecule has 0 aliphatic rings. The van der Waals surface area contributed by atoms with E-state index in [1.54, 1.807) is 0 Å². The average molecular weight is 266 g/mol. The Morgan fingerprint density at radius 1 is 1.33 bits per heavy atom. The molecule has 0 saturated heterocycles. The SMILES string of the molecule is CCc1ccc2c(c1)c(CO)c(Cl)n2CC(C)C. The fraction of sp³-hybridized carbons (Fsp3) is 0.467. The highest BCUT2D eigenvalue weighted by molar-refractivity contribution is 6.32. The first-order chi connectivity index (χ1) is 8.58. The van der Waals surface area contributed by atoms with Crippen LogP contribution < -0.4 is 0 Å². The van der Waals surface area contributed by atoms with Gasteiger partial charge in [0.05, 0.1) is 6.61 Å². The van der Waals surface area contributed by atoms with E-state index >= 15 is 0 Å². The van der Waals surface area contributed by atoms with Gasteiger partial charge in [-0.05, 0) is 30.0 Å². The highest BCUT2D eigenvalue weighted by Crippen LogP contribution is 2.31. The topological polar surface area (TPSA) is 25.2 Å². The third kappa shape index (κ3) is 2.27. The second-order valence-electron chi connectivity index (χ2n) is 5.14. The number of fused-ring (bicyclic) bond motifs is 1. The van der Waals surface area contributed by atoms with Crippen LogP contribution >= 0.6 is 11.6 Å². The minimum absolute atomic E-state index is 0.00635. The molecule has 0 radical (unpaired) electrons. The lowest BCUT2D eigenvalue weighted by Crippen LogP contribution is -2.04. The summed E-state index contributed by atoms with van der Waals surface area (Å²) in [6.07, 6.45) is 0.994. The second-order valence-corrected chi connectivity index (χ2v) is 5.49. The molecule has 1 heterocycles. The zero-order valence-corrected chi connectivity index (χ0v) is 12.0. The predicted molar refractivity (Wildman–Crippen MR) is 77.1 cm³/mol. The van der Waals surface area contributed by atoms with Gasteiger partial charge in [-0.1, -0.05) is 38.4 Å². The van der Waals surface area contributed by atoms with E-state index in [1.807, 2.05) is 0 Å². The Balaban J connectivity index is 2.67. The van der Waals surface area contributed by atoms with Crippen LogP contribution in [0.25, 0.3) is 10.9 Å². The molecule has 1 aromatic carbocycles. The Hall–Kier alpha value is -0.990. The maximum atomic E-state index is 9.53. The quantitative estimate of drug-likeness (QED) is 0.888. The van der Waals surface area contributed by atoms with Gasteiger partial charge in [-0.3, -0.25) is 0 Å². The molecular formula is C15H20ClNO. The summed E-state index contributed by atoms with van der Waals surface area (Å²) in [6, 6.07) is 6.39. The van der Waals surface area contributed by atoms with Crippen LogP contribution in [0.4, 0.5) is 0 Å². The number of halogens is 1. The summed E-state index contributed by atoms with van der Waals surface area (Å²) in [5.74, 6) is 0.524. The summed E-state index contributed by atoms with van der Waals surface area (Å²) < 4.78 is 2.10. The summed E-state index contributed by atoms with van der Waals surface area (Å²) in [5, 5.41) is 11.3. The highest BCUT2D eigenvalue weighted by Gasteiger charge is 2.15. The van der Waals surface area contributed by atoms with Crippen LogP contribution in [0.5, 0.6) is 0 Å². The van der Waals surface area contributed by atoms with Gasteiger partial charge >= 0.3 is 0 Å². The van der Waals surface area contributed by atoms with E-state index in [4.69, 9.17) is 11.6 Å². The highest BCUT2D eigenvalue weighted by atomic mass is 35.5. The lowest BCUT2D eigenvalue weighted by molar-refractivity contribution is 0.283. The molecule has 18 heavy (non-hydrogen) atoms. The molecule has 2 aromatic rings. The lowest BCUT2D eigenvalue weighted by Gasteiger charge is -2.10. The largest absolute Gasteiger partial charge is 0.392 e. The van der Waals surface area contributed by atoms with E-state index in [-0.39, 0.29) is 6.61 Å². The maximum Gasteiger partial charge on any atom is 0.115 e. The first-order valence-corrected chi connectivity index (χ1v) is 6.86. The van der Waals surface area contributed by atoms with E-state index in [2.05, 4.69) is 43.5 Å². The van der Waals surface area contributed by atoms with Crippen molar-refractivity contribution in [1.82, 2.24) is 4.57 Å². The zero-order valence-electron chi connectivity index (χ0n) is 11.2. The summed E-state index contributed by atoms with van der Waals surface area (Å²) in [6.45, 7) is 7.34. The number of nitrogens with zero attached hydrogens (tertiary/aromatic N) is 1. The number of aromatic nitrogens is 1. The van der Waals surface area contributed by atoms with Crippen LogP contribution in [-0.2, 0) is 19.6 Å². The summed E-state index contributed by atoms with van der Waals surface area (Å²) in [4.78, 5) is 0. The second kappa shape index (κ2) is 5.33. The Labute approximate surface area is 113 Å². The third-order valence-corrected chi connectivity index (χ3v) is 3.71. The smallest absolute Gasteiger partial charge is 0.115 e. The van der Waals surface area contributed by atoms with Crippen molar-refractivity contribution in [3.63, 3.8) is 0 Å². The number of aryl methyl sites for hydroxylation is 1. The van der Waals surface area contributed by atoms with E-state index < -0.39 is 0 Å². The Bertz CT molecular complexity index is 557. The molecule has 2 rings (SSSR count). The minimum Gasteiger partial charge on any atom is -0.392 e. The standard InChI is InChI=1S/C15H20ClNO/c1-4-11-5-6-14-12(7-11)13(9-18)15(16)17(14)8-10(2)3/h5-7,10,18H,4,8-9H2,1-3H3. The number of hydrogen-bond donors (Lipinski definition) is 1. The molecule has 3 heteroatoms. The molecule has 0 bridgehead atoms. The monoisotopic (exact) mass is 265 g/mol. The lowest BCUT2D eigenvalue weighted by atomic mass is 10.1. The molecule has 2 nitrogen and oxygen atoms in total. The molecule has 0 unspecified atom stereocenters. The van der Waals surface area contributed by atoms with Crippen LogP contribution in [0.3, 0.4) is 0 Å². The molecule has 0 fully saturated rings. The van der Waals surface area contributed by atoms with Crippen LogP contribution in [0.2, 0.25) is 5.15 Å². The molecule has 0 aliphatic heterocycles. The van der Waals surface area contributed by atoms with Crippen molar-refractivity contribution in [2.75, 3.05) is 0 Å². The van der Waals surface area contributed by atoms with Gasteiger partial charge in [0.2, 0.25) is 0 Å². The molecule has 0 atom stereocenters. The van der Waals surface area contributed by atoms with Crippen LogP contribution in [0, 0.1) is 5.92 Å². The normalized spacial score (nSPS) is 11.7. The van der Waals surface area contributed by atoms with Gasteiger partial charge in [-0.25, -0.2) is 0 Å². The zero-order chi connectivity index (χ0) is 13.3. The van der Waals surface area contributed by atoms with Gasteiger partial charge < -0.3 is 9.67 Å². The number of benzene rings is 1. The van der Waals surface area contributed by atoms with Crippen LogP contribution in [0.1, 0.15) is 31.9 Å². The van der Waals surface area contributed by atoms with Gasteiger partial charge in [0.15, 0.2) is 0 Å². The number of aliphatic hydroxyl groups is 1. The first kappa shape index (κ1) is 13.4. The Morgan fingerprint density at radius 2 is 2.06 bits per heavy atom. The molecule has 1 N–H and O–H groups in total. The van der Waals surface area contributed by atoms with E-state index in [1.165, 1.54) is 5.56 Å². The summed E-state index contributed by atoms with van der Waals surface area (Å²) in [7, 11) is 0. The van der Waals surface area contributed by atoms with E-state index in [9.17, 15) is 5.11 Å². The van der Waals surface area contributed by atoms with Gasteiger partial charge in [0.25, 0.3) is 0 Å². The predicted octanol–water partition coefficient (Wildman–Crippen LogP) is 4.01. The van der Waals surface area contributed by atoms with Crippen molar-refractivity contribution in [1.29, 1.82) is 0 Å². The molecule has 0 spiro atoms. The Morgan fingerprint density at radius 3 is 2.61 bits per heavy atom. The van der Waals surface area contributed by atoms with E-state index in [0.717, 1.165) is 29.4 Å². The van der Waals surface area contributed by atoms with Crippen molar-refractivity contribution in [3.05, 3.63) is 34.5 Å². The van der Waals surface area contributed by atoms with Crippen LogP contribution in [-0.4, -0.2) is 9.67 Å². The van der Waals surface area contributed by atoms with Crippen molar-refractivity contribution in [2.24, 2.45) is 5.92 Å². The van der Waals surface area contributed by atoms with Gasteiger partial charge in [-0.2, -0.15) is 0 Å². The van der Waals surface area contributed by atoms with Gasteiger partial charge in [0, 0.05) is 23.0 Å². The number of rotatable bonds is 4. The average Bonchev–Trinajstić information content (AvgIpc) is 2.61. The molecule has 0 saturated carbocycles. The van der Waals surface area contributed by atoms with Crippen molar-refractivity contribution >= 4 is 22.5 Å². The molecular weight excluding hydrogens is 246 g/mol. The molecule has 0 aliphatic carbocycles. The van der Waals surface area contributed by atoms with Gasteiger partial charge in [0.1, 0.15) is 5.15 Å². The van der Waals surface area contributed by atoms with Crippen molar-refractivity contribution in [3.8, 4) is 0 Å². The van der Waals surface area contributed by atoms with Crippen molar-refractivity contribution in [2.45, 2.75) is 40.3 Å². The van der Waals surface area contributed by atoms with Gasteiger partial charge in [-0.15, -0.1) is 0 Å². The molecule has 1 aromatic heterocycles. The number of aliphatic hydroxyl groups excluding tert-OH is 1. The fourth-order valence-electron chi connectivity index (χ4n) is 2.35.